The molecule has 1 saturated carbocycles. The van der Waals surface area contributed by atoms with Crippen LogP contribution in [-0.4, -0.2) is 5.11 Å². The molecule has 1 N–H and O–H groups in total. The summed E-state index contributed by atoms with van der Waals surface area (Å²) in [7, 11) is 0. The van der Waals surface area contributed by atoms with E-state index in [1.165, 1.54) is 18.4 Å². The molecule has 1 fully saturated rings. The van der Waals surface area contributed by atoms with E-state index in [4.69, 9.17) is 0 Å². The second-order valence-electron chi connectivity index (χ2n) is 9.05. The van der Waals surface area contributed by atoms with Crippen LogP contribution >= 0.6 is 0 Å². The molecule has 162 valence electrons. The summed E-state index contributed by atoms with van der Waals surface area (Å²) in [6, 6.07) is 22.1. The lowest BCUT2D eigenvalue weighted by Gasteiger charge is -2.36. The number of aryl methyl sites for hydroxylation is 1. The van der Waals surface area contributed by atoms with E-state index in [-0.39, 0.29) is 5.82 Å². The van der Waals surface area contributed by atoms with Crippen LogP contribution in [0.15, 0.2) is 66.7 Å². The third-order valence-corrected chi connectivity index (χ3v) is 7.01. The average Bonchev–Trinajstić information content (AvgIpc) is 2.81. The Bertz CT molecular complexity index is 1010. The third-order valence-electron chi connectivity index (χ3n) is 7.01. The molecule has 0 spiro atoms. The molecular formula is C29H33FO. The lowest BCUT2D eigenvalue weighted by Crippen LogP contribution is -2.32. The molecule has 0 atom stereocenters. The SMILES string of the molecule is CCCC1CCC(O)(c2ccc(-c3ccccc3-c3ccc(CC)cc3)cc2F)CC1. The van der Waals surface area contributed by atoms with Gasteiger partial charge in [-0.05, 0) is 71.9 Å². The first-order valence-electron chi connectivity index (χ1n) is 11.7. The Morgan fingerprint density at radius 1 is 0.871 bits per heavy atom. The molecule has 1 aliphatic carbocycles. The monoisotopic (exact) mass is 416 g/mol. The summed E-state index contributed by atoms with van der Waals surface area (Å²) in [5.74, 6) is 0.364. The smallest absolute Gasteiger partial charge is 0.129 e. The zero-order chi connectivity index (χ0) is 21.8. The summed E-state index contributed by atoms with van der Waals surface area (Å²) in [6.45, 7) is 4.35. The van der Waals surface area contributed by atoms with Gasteiger partial charge in [-0.15, -0.1) is 0 Å². The number of rotatable bonds is 6. The van der Waals surface area contributed by atoms with Crippen molar-refractivity contribution in [3.05, 3.63) is 83.7 Å². The molecule has 0 aromatic heterocycles. The van der Waals surface area contributed by atoms with Crippen molar-refractivity contribution in [1.82, 2.24) is 0 Å². The van der Waals surface area contributed by atoms with Crippen molar-refractivity contribution in [1.29, 1.82) is 0 Å². The van der Waals surface area contributed by atoms with E-state index in [9.17, 15) is 5.11 Å². The van der Waals surface area contributed by atoms with Crippen LogP contribution in [0.4, 0.5) is 4.39 Å². The minimum Gasteiger partial charge on any atom is -0.385 e. The standard InChI is InChI=1S/C29H33FO/c1-3-7-22-16-18-29(31,19-17-22)27-15-14-24(20-28(27)30)26-9-6-5-8-25(26)23-12-10-21(4-2)11-13-23/h5-6,8-15,20,22,31H,3-4,7,16-19H2,1-2H3. The first kappa shape index (κ1) is 21.8. The fourth-order valence-electron chi connectivity index (χ4n) is 5.09. The maximum Gasteiger partial charge on any atom is 0.129 e. The summed E-state index contributed by atoms with van der Waals surface area (Å²) in [5, 5.41) is 11.2. The van der Waals surface area contributed by atoms with Crippen LogP contribution in [0, 0.1) is 11.7 Å². The summed E-state index contributed by atoms with van der Waals surface area (Å²) < 4.78 is 15.3. The maximum atomic E-state index is 15.3. The summed E-state index contributed by atoms with van der Waals surface area (Å²) >= 11 is 0. The van der Waals surface area contributed by atoms with Crippen molar-refractivity contribution < 1.29 is 9.50 Å². The van der Waals surface area contributed by atoms with Gasteiger partial charge in [-0.3, -0.25) is 0 Å². The minimum absolute atomic E-state index is 0.301. The summed E-state index contributed by atoms with van der Waals surface area (Å²) in [4.78, 5) is 0. The van der Waals surface area contributed by atoms with Gasteiger partial charge < -0.3 is 5.11 Å². The topological polar surface area (TPSA) is 20.2 Å². The van der Waals surface area contributed by atoms with E-state index >= 15 is 4.39 Å². The molecule has 4 rings (SSSR count). The van der Waals surface area contributed by atoms with E-state index in [0.29, 0.717) is 24.3 Å². The molecular weight excluding hydrogens is 383 g/mol. The van der Waals surface area contributed by atoms with Crippen LogP contribution in [0.2, 0.25) is 0 Å². The van der Waals surface area contributed by atoms with Gasteiger partial charge in [-0.2, -0.15) is 0 Å². The predicted molar refractivity (Wildman–Crippen MR) is 127 cm³/mol. The van der Waals surface area contributed by atoms with Crippen molar-refractivity contribution in [3.63, 3.8) is 0 Å². The first-order chi connectivity index (χ1) is 15.0. The summed E-state index contributed by atoms with van der Waals surface area (Å²) in [5.41, 5.74) is 4.80. The Morgan fingerprint density at radius 2 is 1.48 bits per heavy atom. The minimum atomic E-state index is -1.04. The Labute approximate surface area is 186 Å². The van der Waals surface area contributed by atoms with E-state index in [1.807, 2.05) is 30.3 Å². The molecule has 0 amide bonds. The fourth-order valence-corrected chi connectivity index (χ4v) is 5.09. The quantitative estimate of drug-likeness (QED) is 0.433. The highest BCUT2D eigenvalue weighted by molar-refractivity contribution is 5.83. The van der Waals surface area contributed by atoms with Crippen LogP contribution in [0.5, 0.6) is 0 Å². The summed E-state index contributed by atoms with van der Waals surface area (Å²) in [6.07, 6.45) is 6.63. The van der Waals surface area contributed by atoms with Crippen LogP contribution < -0.4 is 0 Å². The Hall–Kier alpha value is -2.45. The number of benzene rings is 3. The lowest BCUT2D eigenvalue weighted by atomic mass is 9.73. The fraction of sp³-hybridized carbons (Fsp3) is 0.379. The van der Waals surface area contributed by atoms with E-state index < -0.39 is 5.60 Å². The normalized spacial score (nSPS) is 21.2. The van der Waals surface area contributed by atoms with Crippen molar-refractivity contribution >= 4 is 0 Å². The number of hydrogen-bond donors (Lipinski definition) is 1. The first-order valence-corrected chi connectivity index (χ1v) is 11.7. The molecule has 0 saturated heterocycles. The average molecular weight is 417 g/mol. The highest BCUT2D eigenvalue weighted by atomic mass is 19.1. The Balaban J connectivity index is 1.63. The van der Waals surface area contributed by atoms with Gasteiger partial charge >= 0.3 is 0 Å². The molecule has 3 aromatic carbocycles. The van der Waals surface area contributed by atoms with Gasteiger partial charge in [0.25, 0.3) is 0 Å². The predicted octanol–water partition coefficient (Wildman–Crippen LogP) is 7.90. The molecule has 2 heteroatoms. The van der Waals surface area contributed by atoms with Crippen molar-refractivity contribution in [3.8, 4) is 22.3 Å². The Kier molecular flexibility index (Phi) is 6.57. The molecule has 1 nitrogen and oxygen atoms in total. The maximum absolute atomic E-state index is 15.3. The second kappa shape index (κ2) is 9.36. The van der Waals surface area contributed by atoms with E-state index in [1.54, 1.807) is 6.07 Å². The molecule has 0 bridgehead atoms. The highest BCUT2D eigenvalue weighted by Gasteiger charge is 2.36. The lowest BCUT2D eigenvalue weighted by molar-refractivity contribution is -0.0180. The van der Waals surface area contributed by atoms with Gasteiger partial charge in [-0.1, -0.05) is 87.4 Å². The highest BCUT2D eigenvalue weighted by Crippen LogP contribution is 2.43. The van der Waals surface area contributed by atoms with Crippen LogP contribution in [0.3, 0.4) is 0 Å². The zero-order valence-corrected chi connectivity index (χ0v) is 18.7. The number of hydrogen-bond acceptors (Lipinski definition) is 1. The zero-order valence-electron chi connectivity index (χ0n) is 18.7. The molecule has 3 aromatic rings. The van der Waals surface area contributed by atoms with Crippen molar-refractivity contribution in [2.24, 2.45) is 5.92 Å². The van der Waals surface area contributed by atoms with Gasteiger partial charge in [0, 0.05) is 5.56 Å². The second-order valence-corrected chi connectivity index (χ2v) is 9.05. The van der Waals surface area contributed by atoms with Crippen molar-refractivity contribution in [2.45, 2.75) is 64.4 Å². The van der Waals surface area contributed by atoms with Crippen molar-refractivity contribution in [2.75, 3.05) is 0 Å². The largest absolute Gasteiger partial charge is 0.385 e. The third kappa shape index (κ3) is 4.60. The Morgan fingerprint density at radius 3 is 2.06 bits per heavy atom. The van der Waals surface area contributed by atoms with E-state index in [0.717, 1.165) is 41.5 Å². The molecule has 0 heterocycles. The van der Waals surface area contributed by atoms with Gasteiger partial charge in [0.05, 0.1) is 5.60 Å². The molecule has 0 radical (unpaired) electrons. The van der Waals surface area contributed by atoms with Gasteiger partial charge in [0.2, 0.25) is 0 Å². The molecule has 0 unspecified atom stereocenters. The number of aliphatic hydroxyl groups is 1. The van der Waals surface area contributed by atoms with Gasteiger partial charge in [0.15, 0.2) is 0 Å². The van der Waals surface area contributed by atoms with Gasteiger partial charge in [-0.25, -0.2) is 4.39 Å². The van der Waals surface area contributed by atoms with Gasteiger partial charge in [0.1, 0.15) is 5.82 Å². The number of halogens is 1. The van der Waals surface area contributed by atoms with Crippen LogP contribution in [-0.2, 0) is 12.0 Å². The molecule has 31 heavy (non-hydrogen) atoms. The molecule has 1 aliphatic rings. The van der Waals surface area contributed by atoms with Crippen LogP contribution in [0.1, 0.15) is 63.5 Å². The van der Waals surface area contributed by atoms with E-state index in [2.05, 4.69) is 44.2 Å². The van der Waals surface area contributed by atoms with Crippen LogP contribution in [0.25, 0.3) is 22.3 Å². The molecule has 0 aliphatic heterocycles.